The monoisotopic (exact) mass is 685 g/mol. The highest BCUT2D eigenvalue weighted by Crippen LogP contribution is 2.32. The number of rotatable bonds is 12. The summed E-state index contributed by atoms with van der Waals surface area (Å²) in [6, 6.07) is 17.0. The standard InChI is InChI=1S/C32H36Cl2F3N3O4S/c1-31(2,3)38-30(42)28(18-22-10-6-5-7-11-22)39(21-23-15-16-25(33)20-27(23)34)29(41)14-9-17-40(45(4,43)44)26-13-8-12-24(19-26)32(35,36)37/h5-8,10-13,15-16,19-20,28H,9,14,17-18,21H2,1-4H3,(H,38,42)/t28-/m0/s1. The van der Waals surface area contributed by atoms with E-state index >= 15 is 0 Å². The van der Waals surface area contributed by atoms with Gasteiger partial charge in [0, 0.05) is 41.5 Å². The number of halogens is 5. The van der Waals surface area contributed by atoms with Crippen LogP contribution in [-0.2, 0) is 38.8 Å². The highest BCUT2D eigenvalue weighted by Gasteiger charge is 2.34. The minimum Gasteiger partial charge on any atom is -0.350 e. The fourth-order valence-corrected chi connectivity index (χ4v) is 6.11. The van der Waals surface area contributed by atoms with Gasteiger partial charge in [0.1, 0.15) is 6.04 Å². The van der Waals surface area contributed by atoms with Crippen LogP contribution < -0.4 is 9.62 Å². The minimum atomic E-state index is -4.67. The van der Waals surface area contributed by atoms with Crippen LogP contribution in [0.2, 0.25) is 10.0 Å². The molecule has 0 heterocycles. The van der Waals surface area contributed by atoms with Crippen LogP contribution in [0.5, 0.6) is 0 Å². The summed E-state index contributed by atoms with van der Waals surface area (Å²) in [5.41, 5.74) is -0.433. The van der Waals surface area contributed by atoms with E-state index in [1.54, 1.807) is 12.1 Å². The van der Waals surface area contributed by atoms with Crippen molar-refractivity contribution in [1.82, 2.24) is 10.2 Å². The van der Waals surface area contributed by atoms with Gasteiger partial charge in [-0.1, -0.05) is 65.7 Å². The molecule has 0 saturated heterocycles. The van der Waals surface area contributed by atoms with Crippen molar-refractivity contribution in [2.75, 3.05) is 17.1 Å². The zero-order valence-electron chi connectivity index (χ0n) is 25.4. The summed E-state index contributed by atoms with van der Waals surface area (Å²) in [5.74, 6) is -0.866. The second kappa shape index (κ2) is 14.9. The summed E-state index contributed by atoms with van der Waals surface area (Å²) >= 11 is 12.5. The van der Waals surface area contributed by atoms with E-state index in [2.05, 4.69) is 5.32 Å². The normalized spacial score (nSPS) is 12.8. The molecule has 0 bridgehead atoms. The van der Waals surface area contributed by atoms with Gasteiger partial charge in [-0.05, 0) is 68.7 Å². The largest absolute Gasteiger partial charge is 0.416 e. The van der Waals surface area contributed by atoms with Gasteiger partial charge in [-0.2, -0.15) is 13.2 Å². The minimum absolute atomic E-state index is 0.0358. The number of nitrogens with one attached hydrogen (secondary N) is 1. The Labute approximate surface area is 272 Å². The van der Waals surface area contributed by atoms with E-state index in [-0.39, 0.29) is 38.0 Å². The third-order valence-electron chi connectivity index (χ3n) is 6.74. The Balaban J connectivity index is 1.95. The zero-order valence-corrected chi connectivity index (χ0v) is 27.7. The van der Waals surface area contributed by atoms with Gasteiger partial charge in [-0.25, -0.2) is 8.42 Å². The van der Waals surface area contributed by atoms with E-state index < -0.39 is 45.2 Å². The number of benzene rings is 3. The predicted molar refractivity (Wildman–Crippen MR) is 172 cm³/mol. The van der Waals surface area contributed by atoms with Crippen LogP contribution >= 0.6 is 23.2 Å². The van der Waals surface area contributed by atoms with Crippen molar-refractivity contribution < 1.29 is 31.2 Å². The van der Waals surface area contributed by atoms with E-state index in [4.69, 9.17) is 23.2 Å². The van der Waals surface area contributed by atoms with Gasteiger partial charge < -0.3 is 10.2 Å². The number of hydrogen-bond acceptors (Lipinski definition) is 4. The topological polar surface area (TPSA) is 86.8 Å². The Bertz CT molecular complexity index is 1600. The first kappa shape index (κ1) is 36.2. The van der Waals surface area contributed by atoms with Crippen molar-refractivity contribution in [2.24, 2.45) is 0 Å². The lowest BCUT2D eigenvalue weighted by atomic mass is 10.00. The average molecular weight is 687 g/mol. The number of hydrogen-bond donors (Lipinski definition) is 1. The first-order chi connectivity index (χ1) is 20.8. The molecule has 0 aliphatic heterocycles. The number of anilines is 1. The van der Waals surface area contributed by atoms with Crippen LogP contribution in [0.25, 0.3) is 0 Å². The van der Waals surface area contributed by atoms with Crippen LogP contribution in [0.3, 0.4) is 0 Å². The molecule has 0 spiro atoms. The highest BCUT2D eigenvalue weighted by molar-refractivity contribution is 7.92. The molecule has 0 fully saturated rings. The molecule has 2 amide bonds. The third kappa shape index (κ3) is 10.9. The maximum absolute atomic E-state index is 13.9. The molecule has 1 N–H and O–H groups in total. The smallest absolute Gasteiger partial charge is 0.350 e. The Hall–Kier alpha value is -3.28. The van der Waals surface area contributed by atoms with E-state index in [1.165, 1.54) is 17.0 Å². The predicted octanol–water partition coefficient (Wildman–Crippen LogP) is 7.11. The van der Waals surface area contributed by atoms with Crippen LogP contribution in [0.4, 0.5) is 18.9 Å². The number of nitrogens with zero attached hydrogens (tertiary/aromatic N) is 2. The molecule has 3 aromatic carbocycles. The number of alkyl halides is 3. The van der Waals surface area contributed by atoms with Crippen molar-refractivity contribution in [1.29, 1.82) is 0 Å². The van der Waals surface area contributed by atoms with Crippen molar-refractivity contribution in [3.05, 3.63) is 99.5 Å². The Morgan fingerprint density at radius 3 is 2.18 bits per heavy atom. The molecule has 3 aromatic rings. The molecule has 0 saturated carbocycles. The molecule has 7 nitrogen and oxygen atoms in total. The summed E-state index contributed by atoms with van der Waals surface area (Å²) in [4.78, 5) is 29.1. The summed E-state index contributed by atoms with van der Waals surface area (Å²) in [6.45, 7) is 5.15. The quantitative estimate of drug-likeness (QED) is 0.220. The Kier molecular flexibility index (Phi) is 12.0. The molecule has 13 heteroatoms. The van der Waals surface area contributed by atoms with Crippen molar-refractivity contribution in [3.63, 3.8) is 0 Å². The molecule has 0 radical (unpaired) electrons. The number of carbonyl (C=O) groups excluding carboxylic acids is 2. The summed E-state index contributed by atoms with van der Waals surface area (Å²) in [6.07, 6.45) is -3.84. The van der Waals surface area contributed by atoms with Crippen LogP contribution in [0.15, 0.2) is 72.8 Å². The maximum Gasteiger partial charge on any atom is 0.416 e. The van der Waals surface area contributed by atoms with Gasteiger partial charge in [0.15, 0.2) is 0 Å². The van der Waals surface area contributed by atoms with E-state index in [0.717, 1.165) is 34.3 Å². The molecule has 244 valence electrons. The molecule has 3 rings (SSSR count). The zero-order chi connectivity index (χ0) is 33.6. The van der Waals surface area contributed by atoms with Crippen molar-refractivity contribution in [3.8, 4) is 0 Å². The maximum atomic E-state index is 13.9. The molecule has 0 unspecified atom stereocenters. The van der Waals surface area contributed by atoms with Gasteiger partial charge >= 0.3 is 6.18 Å². The molecule has 0 aliphatic carbocycles. The second-order valence-electron chi connectivity index (χ2n) is 11.7. The summed E-state index contributed by atoms with van der Waals surface area (Å²) in [5, 5.41) is 3.64. The molecular formula is C32H36Cl2F3N3O4S. The summed E-state index contributed by atoms with van der Waals surface area (Å²) < 4.78 is 66.1. The lowest BCUT2D eigenvalue weighted by molar-refractivity contribution is -0.142. The first-order valence-corrected chi connectivity index (χ1v) is 16.7. The molecular weight excluding hydrogens is 650 g/mol. The van der Waals surface area contributed by atoms with Crippen molar-refractivity contribution in [2.45, 2.75) is 64.3 Å². The number of sulfonamides is 1. The molecule has 0 aromatic heterocycles. The van der Waals surface area contributed by atoms with E-state index in [9.17, 15) is 31.2 Å². The highest BCUT2D eigenvalue weighted by atomic mass is 35.5. The third-order valence-corrected chi connectivity index (χ3v) is 8.52. The lowest BCUT2D eigenvalue weighted by Crippen LogP contribution is -2.54. The molecule has 0 aliphatic rings. The lowest BCUT2D eigenvalue weighted by Gasteiger charge is -2.34. The Morgan fingerprint density at radius 1 is 0.933 bits per heavy atom. The van der Waals surface area contributed by atoms with Gasteiger partial charge in [0.05, 0.1) is 17.5 Å². The van der Waals surface area contributed by atoms with Crippen LogP contribution in [-0.4, -0.2) is 49.5 Å². The summed E-state index contributed by atoms with van der Waals surface area (Å²) in [7, 11) is -4.00. The van der Waals surface area contributed by atoms with Gasteiger partial charge in [0.2, 0.25) is 21.8 Å². The van der Waals surface area contributed by atoms with Crippen LogP contribution in [0, 0.1) is 0 Å². The van der Waals surface area contributed by atoms with E-state index in [1.807, 2.05) is 51.1 Å². The van der Waals surface area contributed by atoms with Crippen LogP contribution in [0.1, 0.15) is 50.3 Å². The first-order valence-electron chi connectivity index (χ1n) is 14.1. The molecule has 1 atom stereocenters. The fraction of sp³-hybridized carbons (Fsp3) is 0.375. The number of amides is 2. The van der Waals surface area contributed by atoms with E-state index in [0.29, 0.717) is 15.6 Å². The average Bonchev–Trinajstić information content (AvgIpc) is 2.92. The van der Waals surface area contributed by atoms with Gasteiger partial charge in [0.25, 0.3) is 0 Å². The number of carbonyl (C=O) groups is 2. The molecule has 45 heavy (non-hydrogen) atoms. The second-order valence-corrected chi connectivity index (χ2v) is 14.4. The van der Waals surface area contributed by atoms with Gasteiger partial charge in [-0.15, -0.1) is 0 Å². The van der Waals surface area contributed by atoms with Crippen molar-refractivity contribution >= 4 is 50.7 Å². The fourth-order valence-electron chi connectivity index (χ4n) is 4.68. The van der Waals surface area contributed by atoms with Gasteiger partial charge in [-0.3, -0.25) is 13.9 Å². The SMILES string of the molecule is CC(C)(C)NC(=O)[C@H](Cc1ccccc1)N(Cc1ccc(Cl)cc1Cl)C(=O)CCCN(c1cccc(C(F)(F)F)c1)S(C)(=O)=O. The Morgan fingerprint density at radius 2 is 1.60 bits per heavy atom.